The van der Waals surface area contributed by atoms with Crippen LogP contribution in [0.3, 0.4) is 0 Å². The van der Waals surface area contributed by atoms with Gasteiger partial charge in [0.2, 0.25) is 0 Å². The molecule has 6 nitrogen and oxygen atoms in total. The molecule has 0 radical (unpaired) electrons. The molecule has 1 aliphatic heterocycles. The Kier molecular flexibility index (Phi) is 3.99. The highest BCUT2D eigenvalue weighted by Gasteiger charge is 2.26. The minimum absolute atomic E-state index is 0.0426. The largest absolute Gasteiger partial charge is 0.444 e. The highest BCUT2D eigenvalue weighted by molar-refractivity contribution is 5.88. The molecule has 0 spiro atoms. The topological polar surface area (TPSA) is 67.3 Å². The first-order valence-electron chi connectivity index (χ1n) is 8.09. The monoisotopic (exact) mass is 329 g/mol. The van der Waals surface area contributed by atoms with Gasteiger partial charge in [-0.3, -0.25) is 4.79 Å². The third-order valence-electron chi connectivity index (χ3n) is 4.03. The van der Waals surface area contributed by atoms with Crippen LogP contribution in [-0.4, -0.2) is 39.2 Å². The van der Waals surface area contributed by atoms with Crippen LogP contribution in [0.2, 0.25) is 0 Å². The van der Waals surface area contributed by atoms with Gasteiger partial charge < -0.3 is 19.2 Å². The predicted molar refractivity (Wildman–Crippen MR) is 93.9 cm³/mol. The molecule has 2 aromatic rings. The first-order chi connectivity index (χ1) is 11.2. The molecule has 0 aliphatic carbocycles. The van der Waals surface area contributed by atoms with Gasteiger partial charge in [0.05, 0.1) is 0 Å². The number of nitrogens with zero attached hydrogens (tertiary/aromatic N) is 2. The zero-order valence-electron chi connectivity index (χ0n) is 14.5. The van der Waals surface area contributed by atoms with Gasteiger partial charge in [0.15, 0.2) is 0 Å². The van der Waals surface area contributed by atoms with E-state index in [1.165, 1.54) is 0 Å². The fourth-order valence-corrected chi connectivity index (χ4v) is 2.92. The van der Waals surface area contributed by atoms with Gasteiger partial charge in [-0.2, -0.15) is 0 Å². The second kappa shape index (κ2) is 5.85. The van der Waals surface area contributed by atoms with E-state index in [1.54, 1.807) is 22.7 Å². The number of carbonyl (C=O) groups is 1. The molecule has 24 heavy (non-hydrogen) atoms. The lowest BCUT2D eigenvalue weighted by molar-refractivity contribution is 0.0299. The van der Waals surface area contributed by atoms with Crippen molar-refractivity contribution in [3.05, 3.63) is 40.0 Å². The summed E-state index contributed by atoms with van der Waals surface area (Å²) < 4.78 is 7.00. The molecule has 3 rings (SSSR count). The Bertz CT molecular complexity index is 868. The van der Waals surface area contributed by atoms with Crippen LogP contribution in [0.25, 0.3) is 17.0 Å². The Morgan fingerprint density at radius 2 is 2.12 bits per heavy atom. The number of ether oxygens (including phenoxy) is 1. The number of hydrogen-bond donors (Lipinski definition) is 1. The molecule has 0 atom stereocenters. The van der Waals surface area contributed by atoms with Gasteiger partial charge in [0.25, 0.3) is 5.56 Å². The lowest BCUT2D eigenvalue weighted by Gasteiger charge is -2.23. The van der Waals surface area contributed by atoms with Crippen LogP contribution in [0.1, 0.15) is 32.8 Å². The van der Waals surface area contributed by atoms with Gasteiger partial charge in [0.1, 0.15) is 11.1 Å². The Morgan fingerprint density at radius 1 is 1.38 bits per heavy atom. The van der Waals surface area contributed by atoms with Crippen molar-refractivity contribution in [1.82, 2.24) is 14.5 Å². The number of hydrogen-bond acceptors (Lipinski definition) is 3. The van der Waals surface area contributed by atoms with Gasteiger partial charge in [-0.05, 0) is 38.8 Å². The number of H-pyrrole nitrogens is 1. The van der Waals surface area contributed by atoms with Crippen LogP contribution in [0.5, 0.6) is 0 Å². The zero-order chi connectivity index (χ0) is 17.5. The molecular formula is C18H23N3O3. The molecule has 0 bridgehead atoms. The SMILES string of the molecule is Cn1cc(/C=C2/CCN(C(=O)OC(C)(C)C)C2)c2cc[nH]c2c1=O. The summed E-state index contributed by atoms with van der Waals surface area (Å²) in [6.07, 6.45) is 6.21. The summed E-state index contributed by atoms with van der Waals surface area (Å²) in [6, 6.07) is 1.91. The van der Waals surface area contributed by atoms with Gasteiger partial charge in [-0.25, -0.2) is 4.79 Å². The van der Waals surface area contributed by atoms with E-state index in [9.17, 15) is 9.59 Å². The maximum absolute atomic E-state index is 12.2. The molecule has 3 heterocycles. The van der Waals surface area contributed by atoms with Gasteiger partial charge in [-0.1, -0.05) is 6.08 Å². The smallest absolute Gasteiger partial charge is 0.410 e. The first kappa shape index (κ1) is 16.4. The second-order valence-corrected chi connectivity index (χ2v) is 7.22. The molecule has 128 valence electrons. The van der Waals surface area contributed by atoms with Crippen molar-refractivity contribution in [1.29, 1.82) is 0 Å². The van der Waals surface area contributed by atoms with E-state index in [2.05, 4.69) is 11.1 Å². The molecule has 1 N–H and O–H groups in total. The van der Waals surface area contributed by atoms with Crippen molar-refractivity contribution in [2.45, 2.75) is 32.8 Å². The Hall–Kier alpha value is -2.50. The number of likely N-dealkylation sites (tertiary alicyclic amines) is 1. The van der Waals surface area contributed by atoms with E-state index >= 15 is 0 Å². The molecule has 2 aromatic heterocycles. The highest BCUT2D eigenvalue weighted by atomic mass is 16.6. The van der Waals surface area contributed by atoms with Gasteiger partial charge in [0, 0.05) is 43.5 Å². The number of carbonyl (C=O) groups excluding carboxylic acids is 1. The number of aryl methyl sites for hydroxylation is 1. The van der Waals surface area contributed by atoms with Crippen LogP contribution in [-0.2, 0) is 11.8 Å². The van der Waals surface area contributed by atoms with Crippen molar-refractivity contribution >= 4 is 23.1 Å². The summed E-state index contributed by atoms with van der Waals surface area (Å²) in [7, 11) is 1.74. The third kappa shape index (κ3) is 3.22. The van der Waals surface area contributed by atoms with Crippen LogP contribution in [0.4, 0.5) is 4.79 Å². The highest BCUT2D eigenvalue weighted by Crippen LogP contribution is 2.23. The fraction of sp³-hybridized carbons (Fsp3) is 0.444. The summed E-state index contributed by atoms with van der Waals surface area (Å²) in [4.78, 5) is 29.0. The summed E-state index contributed by atoms with van der Waals surface area (Å²) >= 11 is 0. The number of amides is 1. The number of aromatic amines is 1. The summed E-state index contributed by atoms with van der Waals surface area (Å²) in [5.41, 5.74) is 2.21. The molecule has 0 unspecified atom stereocenters. The van der Waals surface area contributed by atoms with Crippen LogP contribution >= 0.6 is 0 Å². The van der Waals surface area contributed by atoms with Crippen LogP contribution in [0, 0.1) is 0 Å². The minimum Gasteiger partial charge on any atom is -0.444 e. The van der Waals surface area contributed by atoms with Crippen LogP contribution < -0.4 is 5.56 Å². The molecule has 6 heteroatoms. The normalized spacial score (nSPS) is 17.0. The lowest BCUT2D eigenvalue weighted by atomic mass is 10.1. The zero-order valence-corrected chi connectivity index (χ0v) is 14.5. The number of rotatable bonds is 1. The minimum atomic E-state index is -0.488. The molecule has 1 fully saturated rings. The fourth-order valence-electron chi connectivity index (χ4n) is 2.92. The van der Waals surface area contributed by atoms with E-state index in [0.29, 0.717) is 18.6 Å². The maximum Gasteiger partial charge on any atom is 0.410 e. The predicted octanol–water partition coefficient (Wildman–Crippen LogP) is 2.89. The number of pyridine rings is 1. The molecule has 1 amide bonds. The van der Waals surface area contributed by atoms with E-state index in [4.69, 9.17) is 4.74 Å². The average molecular weight is 329 g/mol. The van der Waals surface area contributed by atoms with E-state index in [1.807, 2.05) is 33.0 Å². The van der Waals surface area contributed by atoms with E-state index in [-0.39, 0.29) is 11.7 Å². The van der Waals surface area contributed by atoms with E-state index in [0.717, 1.165) is 22.9 Å². The van der Waals surface area contributed by atoms with Gasteiger partial charge in [-0.15, -0.1) is 0 Å². The Morgan fingerprint density at radius 3 is 2.83 bits per heavy atom. The van der Waals surface area contributed by atoms with Crippen molar-refractivity contribution in [3.63, 3.8) is 0 Å². The molecule has 1 saturated heterocycles. The van der Waals surface area contributed by atoms with Crippen molar-refractivity contribution < 1.29 is 9.53 Å². The molecule has 0 aromatic carbocycles. The molecule has 1 aliphatic rings. The lowest BCUT2D eigenvalue weighted by Crippen LogP contribution is -2.34. The average Bonchev–Trinajstić information content (AvgIpc) is 3.12. The summed E-state index contributed by atoms with van der Waals surface area (Å²) in [6.45, 7) is 6.81. The standard InChI is InChI=1S/C18H23N3O3/c1-18(2,3)24-17(23)21-8-6-12(10-21)9-13-11-20(4)16(22)15-14(13)5-7-19-15/h5,7,9,11,19H,6,8,10H2,1-4H3/b12-9-. The van der Waals surface area contributed by atoms with Gasteiger partial charge >= 0.3 is 6.09 Å². The first-order valence-corrected chi connectivity index (χ1v) is 8.09. The number of nitrogens with one attached hydrogen (secondary N) is 1. The Labute approximate surface area is 140 Å². The summed E-state index contributed by atoms with van der Waals surface area (Å²) in [5.74, 6) is 0. The van der Waals surface area contributed by atoms with Crippen LogP contribution in [0.15, 0.2) is 28.8 Å². The quantitative estimate of drug-likeness (QED) is 0.875. The Balaban J connectivity index is 1.84. The van der Waals surface area contributed by atoms with E-state index < -0.39 is 5.60 Å². The summed E-state index contributed by atoms with van der Waals surface area (Å²) in [5, 5.41) is 0.904. The van der Waals surface area contributed by atoms with Crippen molar-refractivity contribution in [2.75, 3.05) is 13.1 Å². The molecular weight excluding hydrogens is 306 g/mol. The van der Waals surface area contributed by atoms with Crippen molar-refractivity contribution in [3.8, 4) is 0 Å². The maximum atomic E-state index is 12.2. The van der Waals surface area contributed by atoms with Crippen molar-refractivity contribution in [2.24, 2.45) is 7.05 Å². The third-order valence-corrected chi connectivity index (χ3v) is 4.03. The second-order valence-electron chi connectivity index (χ2n) is 7.22. The molecule has 0 saturated carbocycles. The number of fused-ring (bicyclic) bond motifs is 1. The number of aromatic nitrogens is 2.